The van der Waals surface area contributed by atoms with Gasteiger partial charge < -0.3 is 14.0 Å². The Morgan fingerprint density at radius 1 is 1.25 bits per heavy atom. The number of carbonyl (C=O) groups excluding carboxylic acids is 1. The number of ether oxygens (including phenoxy) is 2. The highest BCUT2D eigenvalue weighted by Crippen LogP contribution is 2.22. The molecular weight excluding hydrogens is 408 g/mol. The minimum Gasteiger partial charge on any atom is -0.481 e. The second-order valence-corrected chi connectivity index (χ2v) is 6.59. The molecule has 0 saturated carbocycles. The van der Waals surface area contributed by atoms with Gasteiger partial charge in [0.1, 0.15) is 4.60 Å². The summed E-state index contributed by atoms with van der Waals surface area (Å²) in [6.45, 7) is 0. The first-order chi connectivity index (χ1) is 11.2. The lowest BCUT2D eigenvalue weighted by Crippen LogP contribution is -2.19. The molecule has 1 amide bonds. The van der Waals surface area contributed by atoms with Crippen molar-refractivity contribution >= 4 is 37.8 Å². The zero-order valence-corrected chi connectivity index (χ0v) is 15.2. The second kappa shape index (κ2) is 6.70. The number of amides is 1. The molecule has 24 heavy (non-hydrogen) atoms. The summed E-state index contributed by atoms with van der Waals surface area (Å²) in [6.07, 6.45) is 0. The van der Waals surface area contributed by atoms with Crippen molar-refractivity contribution in [3.8, 4) is 11.8 Å². The van der Waals surface area contributed by atoms with Gasteiger partial charge in [0.05, 0.1) is 20.3 Å². The Morgan fingerprint density at radius 2 is 1.79 bits per heavy atom. The number of primary sulfonamides is 1. The number of nitrogens with zero attached hydrogens (tertiary/aromatic N) is 4. The van der Waals surface area contributed by atoms with Crippen LogP contribution in [0.2, 0.25) is 0 Å². The molecule has 0 radical (unpaired) electrons. The van der Waals surface area contributed by atoms with Gasteiger partial charge in [-0.15, -0.1) is 0 Å². The highest BCUT2D eigenvalue weighted by atomic mass is 79.9. The predicted octanol–water partition coefficient (Wildman–Crippen LogP) is -0.110. The van der Waals surface area contributed by atoms with Crippen molar-refractivity contribution in [2.75, 3.05) is 19.5 Å². The number of hydrogen-bond donors (Lipinski definition) is 2. The van der Waals surface area contributed by atoms with Gasteiger partial charge in [0.15, 0.2) is 0 Å². The smallest absolute Gasteiger partial charge is 0.294 e. The van der Waals surface area contributed by atoms with E-state index in [1.807, 2.05) is 0 Å². The van der Waals surface area contributed by atoms with Crippen molar-refractivity contribution < 1.29 is 22.7 Å². The van der Waals surface area contributed by atoms with Gasteiger partial charge in [0.2, 0.25) is 28.6 Å². The number of imidazole rings is 1. The van der Waals surface area contributed by atoms with Crippen LogP contribution in [-0.4, -0.2) is 48.1 Å². The zero-order chi connectivity index (χ0) is 18.1. The van der Waals surface area contributed by atoms with Crippen LogP contribution in [0.3, 0.4) is 0 Å². The van der Waals surface area contributed by atoms with E-state index < -0.39 is 21.0 Å². The van der Waals surface area contributed by atoms with Gasteiger partial charge in [-0.2, -0.15) is 9.97 Å². The maximum atomic E-state index is 12.3. The molecule has 2 rings (SSSR count). The van der Waals surface area contributed by atoms with Crippen molar-refractivity contribution in [3.05, 3.63) is 16.5 Å². The van der Waals surface area contributed by atoms with Crippen LogP contribution >= 0.6 is 15.9 Å². The molecule has 0 saturated heterocycles. The molecule has 0 bridgehead atoms. The Kier molecular flexibility index (Phi) is 5.05. The summed E-state index contributed by atoms with van der Waals surface area (Å²) in [5, 5.41) is 6.97. The molecule has 0 aliphatic rings. The fraction of sp³-hybridized carbons (Fsp3) is 0.273. The molecule has 0 aromatic carbocycles. The number of sulfonamides is 1. The number of methoxy groups -OCH3 is 2. The number of aromatic nitrogens is 4. The SMILES string of the molecule is COc1cc(OC)nc(NC(=O)c2nc(S(N)(=O)=O)c(Br)n2C)n1. The summed E-state index contributed by atoms with van der Waals surface area (Å²) in [4.78, 5) is 23.9. The molecule has 0 fully saturated rings. The largest absolute Gasteiger partial charge is 0.481 e. The lowest BCUT2D eigenvalue weighted by atomic mass is 10.5. The van der Waals surface area contributed by atoms with Crippen LogP contribution in [-0.2, 0) is 17.1 Å². The van der Waals surface area contributed by atoms with Crippen LogP contribution in [0.5, 0.6) is 11.8 Å². The summed E-state index contributed by atoms with van der Waals surface area (Å²) < 4.78 is 34.1. The highest BCUT2D eigenvalue weighted by Gasteiger charge is 2.25. The quantitative estimate of drug-likeness (QED) is 0.679. The van der Waals surface area contributed by atoms with Crippen LogP contribution in [0.15, 0.2) is 15.7 Å². The van der Waals surface area contributed by atoms with Gasteiger partial charge in [-0.05, 0) is 15.9 Å². The molecule has 3 N–H and O–H groups in total. The Balaban J connectivity index is 2.38. The number of halogens is 1. The molecule has 2 aromatic heterocycles. The Hall–Kier alpha value is -2.25. The average molecular weight is 421 g/mol. The van der Waals surface area contributed by atoms with Gasteiger partial charge in [-0.25, -0.2) is 18.5 Å². The number of hydrogen-bond acceptors (Lipinski definition) is 8. The van der Waals surface area contributed by atoms with Gasteiger partial charge in [0.25, 0.3) is 15.9 Å². The summed E-state index contributed by atoms with van der Waals surface area (Å²) in [5.41, 5.74) is 0. The molecule has 2 heterocycles. The monoisotopic (exact) mass is 420 g/mol. The molecule has 0 atom stereocenters. The van der Waals surface area contributed by atoms with Gasteiger partial charge in [-0.3, -0.25) is 10.1 Å². The molecule has 0 aliphatic carbocycles. The third-order valence-corrected chi connectivity index (χ3v) is 4.79. The van der Waals surface area contributed by atoms with Crippen molar-refractivity contribution in [1.29, 1.82) is 0 Å². The molecule has 2 aromatic rings. The van der Waals surface area contributed by atoms with E-state index in [-0.39, 0.29) is 28.1 Å². The van der Waals surface area contributed by atoms with Crippen molar-refractivity contribution in [2.45, 2.75) is 5.03 Å². The second-order valence-electron chi connectivity index (χ2n) is 4.37. The lowest BCUT2D eigenvalue weighted by molar-refractivity contribution is 0.101. The summed E-state index contributed by atoms with van der Waals surface area (Å²) >= 11 is 3.03. The topological polar surface area (TPSA) is 151 Å². The van der Waals surface area contributed by atoms with Crippen molar-refractivity contribution in [1.82, 2.24) is 19.5 Å². The normalized spacial score (nSPS) is 11.2. The fourth-order valence-corrected chi connectivity index (χ4v) is 3.18. The van der Waals surface area contributed by atoms with Gasteiger partial charge in [0, 0.05) is 7.05 Å². The summed E-state index contributed by atoms with van der Waals surface area (Å²) in [5.74, 6) is -0.723. The summed E-state index contributed by atoms with van der Waals surface area (Å²) in [7, 11) is 0.126. The number of anilines is 1. The van der Waals surface area contributed by atoms with E-state index in [0.29, 0.717) is 0 Å². The first kappa shape index (κ1) is 18.1. The number of nitrogens with two attached hydrogens (primary N) is 1. The molecule has 11 nitrogen and oxygen atoms in total. The van der Waals surface area contributed by atoms with Crippen LogP contribution in [0.25, 0.3) is 0 Å². The van der Waals surface area contributed by atoms with Crippen LogP contribution in [0, 0.1) is 0 Å². The van der Waals surface area contributed by atoms with Crippen molar-refractivity contribution in [2.24, 2.45) is 12.2 Å². The Labute approximate surface area is 145 Å². The first-order valence-corrected chi connectivity index (χ1v) is 8.54. The minimum atomic E-state index is -4.09. The van der Waals surface area contributed by atoms with Crippen LogP contribution in [0.4, 0.5) is 5.95 Å². The highest BCUT2D eigenvalue weighted by molar-refractivity contribution is 9.10. The maximum absolute atomic E-state index is 12.3. The average Bonchev–Trinajstić information content (AvgIpc) is 2.82. The number of rotatable bonds is 5. The van der Waals surface area contributed by atoms with E-state index in [9.17, 15) is 13.2 Å². The molecule has 0 aliphatic heterocycles. The van der Waals surface area contributed by atoms with E-state index in [4.69, 9.17) is 14.6 Å². The fourth-order valence-electron chi connectivity index (χ4n) is 1.66. The third-order valence-electron chi connectivity index (χ3n) is 2.79. The minimum absolute atomic E-state index is 0.0410. The summed E-state index contributed by atoms with van der Waals surface area (Å²) in [6, 6.07) is 1.42. The molecule has 13 heteroatoms. The molecule has 130 valence electrons. The van der Waals surface area contributed by atoms with E-state index in [1.54, 1.807) is 0 Å². The molecule has 0 unspecified atom stereocenters. The third kappa shape index (κ3) is 3.63. The van der Waals surface area contributed by atoms with E-state index in [0.717, 1.165) is 0 Å². The Bertz CT molecular complexity index is 874. The van der Waals surface area contributed by atoms with Crippen LogP contribution in [0.1, 0.15) is 10.6 Å². The van der Waals surface area contributed by atoms with E-state index in [1.165, 1.54) is 31.9 Å². The maximum Gasteiger partial charge on any atom is 0.294 e. The zero-order valence-electron chi connectivity index (χ0n) is 12.8. The van der Waals surface area contributed by atoms with E-state index in [2.05, 4.69) is 36.2 Å². The van der Waals surface area contributed by atoms with Gasteiger partial charge >= 0.3 is 0 Å². The Morgan fingerprint density at radius 3 is 2.21 bits per heavy atom. The predicted molar refractivity (Wildman–Crippen MR) is 85.4 cm³/mol. The first-order valence-electron chi connectivity index (χ1n) is 6.20. The molecule has 0 spiro atoms. The van der Waals surface area contributed by atoms with Crippen molar-refractivity contribution in [3.63, 3.8) is 0 Å². The van der Waals surface area contributed by atoms with E-state index >= 15 is 0 Å². The lowest BCUT2D eigenvalue weighted by Gasteiger charge is -2.07. The number of nitrogens with one attached hydrogen (secondary N) is 1. The number of carbonyl (C=O) groups is 1. The van der Waals surface area contributed by atoms with Gasteiger partial charge in [-0.1, -0.05) is 0 Å². The van der Waals surface area contributed by atoms with Crippen LogP contribution < -0.4 is 19.9 Å². The standard InChI is InChI=1S/C11H13BrN6O5S/c1-18-7(12)10(24(13,20)21)16-8(18)9(19)17-11-14-5(22-2)4-6(15-11)23-3/h4H,1-3H3,(H2,13,20,21)(H,14,15,17,19). The molecular formula is C11H13BrN6O5S.